The largest absolute Gasteiger partial charge is 0.353 e. The molecule has 0 radical (unpaired) electrons. The monoisotopic (exact) mass is 328 g/mol. The van der Waals surface area contributed by atoms with Gasteiger partial charge in [-0.2, -0.15) is 5.10 Å². The van der Waals surface area contributed by atoms with Gasteiger partial charge in [-0.25, -0.2) is 4.39 Å². The van der Waals surface area contributed by atoms with Crippen molar-refractivity contribution in [2.45, 2.75) is 38.1 Å². The van der Waals surface area contributed by atoms with Crippen LogP contribution in [0.1, 0.15) is 44.0 Å². The van der Waals surface area contributed by atoms with E-state index in [4.69, 9.17) is 0 Å². The van der Waals surface area contributed by atoms with Gasteiger partial charge in [0.25, 0.3) is 0 Å². The average molecular weight is 328 g/mol. The van der Waals surface area contributed by atoms with Crippen molar-refractivity contribution < 1.29 is 4.39 Å². The predicted molar refractivity (Wildman–Crippen MR) is 93.8 cm³/mol. The zero-order chi connectivity index (χ0) is 16.7. The summed E-state index contributed by atoms with van der Waals surface area (Å²) in [6, 6.07) is 9.42. The molecule has 24 heavy (non-hydrogen) atoms. The zero-order valence-corrected chi connectivity index (χ0v) is 14.4. The first-order valence-electron chi connectivity index (χ1n) is 8.85. The lowest BCUT2D eigenvalue weighted by molar-refractivity contribution is 0.198. The van der Waals surface area contributed by atoms with Crippen LogP contribution in [0.3, 0.4) is 0 Å². The van der Waals surface area contributed by atoms with Crippen LogP contribution in [0.4, 0.5) is 10.2 Å². The molecule has 5 heteroatoms. The second-order valence-corrected chi connectivity index (χ2v) is 7.45. The van der Waals surface area contributed by atoms with Gasteiger partial charge in [0.15, 0.2) is 5.82 Å². The van der Waals surface area contributed by atoms with Crippen LogP contribution in [0, 0.1) is 5.82 Å². The molecule has 2 fully saturated rings. The third-order valence-electron chi connectivity index (χ3n) is 5.75. The summed E-state index contributed by atoms with van der Waals surface area (Å²) in [5.74, 6) is 0.904. The summed E-state index contributed by atoms with van der Waals surface area (Å²) in [6.45, 7) is 8.45. The number of aromatic nitrogens is 2. The molecular weight excluding hydrogens is 303 g/mol. The third kappa shape index (κ3) is 2.93. The van der Waals surface area contributed by atoms with Crippen LogP contribution in [-0.2, 0) is 5.41 Å². The molecule has 128 valence electrons. The lowest BCUT2D eigenvalue weighted by Crippen LogP contribution is -2.47. The first kappa shape index (κ1) is 15.6. The first-order valence-corrected chi connectivity index (χ1v) is 8.85. The number of halogens is 1. The molecule has 1 aromatic heterocycles. The minimum absolute atomic E-state index is 0.172. The summed E-state index contributed by atoms with van der Waals surface area (Å²) in [5, 5.41) is 7.75. The van der Waals surface area contributed by atoms with Gasteiger partial charge in [-0.15, -0.1) is 0 Å². The number of anilines is 1. The molecular formula is C19H25FN4. The Bertz CT molecular complexity index is 696. The van der Waals surface area contributed by atoms with Gasteiger partial charge in [0.1, 0.15) is 5.82 Å². The SMILES string of the molecule is C[C@@H](c1ccc(F)cc1)N1CCN(c2cc(C3(C)CC3)[nH]n2)CC1. The van der Waals surface area contributed by atoms with E-state index in [0.29, 0.717) is 11.5 Å². The Morgan fingerprint density at radius 3 is 2.42 bits per heavy atom. The van der Waals surface area contributed by atoms with E-state index in [1.54, 1.807) is 12.1 Å². The number of aromatic amines is 1. The number of hydrogen-bond acceptors (Lipinski definition) is 3. The Morgan fingerprint density at radius 2 is 1.79 bits per heavy atom. The maximum absolute atomic E-state index is 13.1. The summed E-state index contributed by atoms with van der Waals surface area (Å²) in [4.78, 5) is 4.82. The van der Waals surface area contributed by atoms with Crippen molar-refractivity contribution in [1.82, 2.24) is 15.1 Å². The number of nitrogens with one attached hydrogen (secondary N) is 1. The highest BCUT2D eigenvalue weighted by Gasteiger charge is 2.41. The molecule has 1 aromatic carbocycles. The van der Waals surface area contributed by atoms with Gasteiger partial charge in [-0.05, 0) is 37.5 Å². The van der Waals surface area contributed by atoms with Crippen LogP contribution in [0.25, 0.3) is 0 Å². The van der Waals surface area contributed by atoms with Gasteiger partial charge in [0.05, 0.1) is 0 Å². The van der Waals surface area contributed by atoms with Gasteiger partial charge in [-0.3, -0.25) is 10.00 Å². The van der Waals surface area contributed by atoms with E-state index in [2.05, 4.69) is 39.9 Å². The third-order valence-corrected chi connectivity index (χ3v) is 5.75. The van der Waals surface area contributed by atoms with Crippen molar-refractivity contribution in [1.29, 1.82) is 0 Å². The summed E-state index contributed by atoms with van der Waals surface area (Å²) in [6.07, 6.45) is 2.52. The zero-order valence-electron chi connectivity index (χ0n) is 14.4. The fraction of sp³-hybridized carbons (Fsp3) is 0.526. The van der Waals surface area contributed by atoms with E-state index in [0.717, 1.165) is 32.0 Å². The minimum atomic E-state index is -0.172. The van der Waals surface area contributed by atoms with E-state index in [-0.39, 0.29) is 5.82 Å². The highest BCUT2D eigenvalue weighted by atomic mass is 19.1. The molecule has 4 rings (SSSR count). The Morgan fingerprint density at radius 1 is 1.12 bits per heavy atom. The normalized spacial score (nSPS) is 21.7. The lowest BCUT2D eigenvalue weighted by atomic mass is 10.1. The van der Waals surface area contributed by atoms with Crippen LogP contribution in [-0.4, -0.2) is 41.3 Å². The molecule has 1 aliphatic heterocycles. The summed E-state index contributed by atoms with van der Waals surface area (Å²) in [7, 11) is 0. The van der Waals surface area contributed by atoms with Crippen LogP contribution in [0.5, 0.6) is 0 Å². The molecule has 2 aliphatic rings. The number of rotatable bonds is 4. The second-order valence-electron chi connectivity index (χ2n) is 7.45. The summed E-state index contributed by atoms with van der Waals surface area (Å²) >= 11 is 0. The molecule has 2 aromatic rings. The van der Waals surface area contributed by atoms with E-state index < -0.39 is 0 Å². The summed E-state index contributed by atoms with van der Waals surface area (Å²) in [5.41, 5.74) is 2.79. The number of benzene rings is 1. The van der Waals surface area contributed by atoms with Crippen molar-refractivity contribution in [2.75, 3.05) is 31.1 Å². The van der Waals surface area contributed by atoms with Crippen LogP contribution in [0.15, 0.2) is 30.3 Å². The molecule has 1 saturated carbocycles. The average Bonchev–Trinajstić information content (AvgIpc) is 3.16. The molecule has 2 heterocycles. The molecule has 1 saturated heterocycles. The minimum Gasteiger partial charge on any atom is -0.353 e. The first-order chi connectivity index (χ1) is 11.5. The molecule has 1 N–H and O–H groups in total. The van der Waals surface area contributed by atoms with Gasteiger partial charge < -0.3 is 4.90 Å². The van der Waals surface area contributed by atoms with Gasteiger partial charge in [-0.1, -0.05) is 19.1 Å². The smallest absolute Gasteiger partial charge is 0.150 e. The maximum Gasteiger partial charge on any atom is 0.150 e. The van der Waals surface area contributed by atoms with E-state index in [1.165, 1.54) is 24.1 Å². The van der Waals surface area contributed by atoms with Crippen molar-refractivity contribution in [2.24, 2.45) is 0 Å². The molecule has 1 atom stereocenters. The Hall–Kier alpha value is -1.88. The molecule has 0 unspecified atom stereocenters. The van der Waals surface area contributed by atoms with Crippen LogP contribution < -0.4 is 4.90 Å². The number of piperazine rings is 1. The summed E-state index contributed by atoms with van der Waals surface area (Å²) < 4.78 is 13.1. The topological polar surface area (TPSA) is 35.2 Å². The molecule has 0 amide bonds. The number of nitrogens with zero attached hydrogens (tertiary/aromatic N) is 3. The van der Waals surface area contributed by atoms with Gasteiger partial charge in [0.2, 0.25) is 0 Å². The van der Waals surface area contributed by atoms with E-state index in [9.17, 15) is 4.39 Å². The quantitative estimate of drug-likeness (QED) is 0.933. The molecule has 0 bridgehead atoms. The Balaban J connectivity index is 1.37. The van der Waals surface area contributed by atoms with Crippen LogP contribution in [0.2, 0.25) is 0 Å². The highest BCUT2D eigenvalue weighted by molar-refractivity contribution is 5.43. The van der Waals surface area contributed by atoms with Crippen molar-refractivity contribution in [3.8, 4) is 0 Å². The fourth-order valence-corrected chi connectivity index (χ4v) is 3.53. The number of H-pyrrole nitrogens is 1. The fourth-order valence-electron chi connectivity index (χ4n) is 3.53. The number of hydrogen-bond donors (Lipinski definition) is 1. The van der Waals surface area contributed by atoms with Crippen LogP contribution >= 0.6 is 0 Å². The van der Waals surface area contributed by atoms with E-state index in [1.807, 2.05) is 12.1 Å². The molecule has 0 spiro atoms. The van der Waals surface area contributed by atoms with Gasteiger partial charge >= 0.3 is 0 Å². The van der Waals surface area contributed by atoms with E-state index >= 15 is 0 Å². The highest BCUT2D eigenvalue weighted by Crippen LogP contribution is 2.47. The second kappa shape index (κ2) is 5.88. The Kier molecular flexibility index (Phi) is 3.83. The standard InChI is InChI=1S/C19H25FN4/c1-14(15-3-5-16(20)6-4-15)23-9-11-24(12-10-23)18-13-17(21-22-18)19(2)7-8-19/h3-6,13-14H,7-12H2,1-2H3,(H,21,22)/t14-/m0/s1. The van der Waals surface area contributed by atoms with Crippen molar-refractivity contribution >= 4 is 5.82 Å². The lowest BCUT2D eigenvalue weighted by Gasteiger charge is -2.38. The predicted octanol–water partition coefficient (Wildman–Crippen LogP) is 3.48. The van der Waals surface area contributed by atoms with Crippen molar-refractivity contribution in [3.05, 3.63) is 47.4 Å². The Labute approximate surface area is 142 Å². The van der Waals surface area contributed by atoms with Gasteiger partial charge in [0, 0.05) is 49.4 Å². The maximum atomic E-state index is 13.1. The molecule has 4 nitrogen and oxygen atoms in total. The molecule has 1 aliphatic carbocycles. The van der Waals surface area contributed by atoms with Crippen molar-refractivity contribution in [3.63, 3.8) is 0 Å².